The fourth-order valence-corrected chi connectivity index (χ4v) is 4.85. The van der Waals surface area contributed by atoms with Gasteiger partial charge in [-0.15, -0.1) is 0 Å². The van der Waals surface area contributed by atoms with E-state index in [9.17, 15) is 4.79 Å². The molecule has 2 N–H and O–H groups in total. The highest BCUT2D eigenvalue weighted by Gasteiger charge is 2.32. The van der Waals surface area contributed by atoms with E-state index in [1.54, 1.807) is 0 Å². The highest BCUT2D eigenvalue weighted by atomic mass is 16.5. The maximum absolute atomic E-state index is 13.1. The molecule has 0 saturated heterocycles. The number of aromatic nitrogens is 2. The summed E-state index contributed by atoms with van der Waals surface area (Å²) in [4.78, 5) is 13.1. The number of nitrogens with one attached hydrogen (secondary N) is 2. The van der Waals surface area contributed by atoms with Crippen molar-refractivity contribution < 1.29 is 9.32 Å². The lowest BCUT2D eigenvalue weighted by Gasteiger charge is -2.25. The summed E-state index contributed by atoms with van der Waals surface area (Å²) in [5.41, 5.74) is 4.65. The zero-order chi connectivity index (χ0) is 21.5. The molecule has 1 amide bonds. The molecule has 3 aromatic rings. The number of hydrogen-bond acceptors (Lipinski definition) is 4. The van der Waals surface area contributed by atoms with Gasteiger partial charge in [-0.1, -0.05) is 31.1 Å². The topological polar surface area (TPSA) is 72.1 Å². The van der Waals surface area contributed by atoms with Crippen molar-refractivity contribution in [3.05, 3.63) is 53.0 Å². The Labute approximate surface area is 183 Å². The van der Waals surface area contributed by atoms with Gasteiger partial charge < -0.3 is 14.4 Å². The highest BCUT2D eigenvalue weighted by molar-refractivity contribution is 5.90. The van der Waals surface area contributed by atoms with Gasteiger partial charge >= 0.3 is 0 Å². The molecule has 1 aromatic carbocycles. The van der Waals surface area contributed by atoms with Crippen molar-refractivity contribution in [2.75, 3.05) is 6.54 Å². The SMILES string of the molecule is Cc1cc(Cn2cc3c4c(cccc42)C(CC(C)C)NC(C(=O)NCC2CC2)C3)no1. The fourth-order valence-electron chi connectivity index (χ4n) is 4.85. The molecule has 2 unspecified atom stereocenters. The van der Waals surface area contributed by atoms with Gasteiger partial charge in [-0.05, 0) is 61.6 Å². The minimum absolute atomic E-state index is 0.126. The maximum Gasteiger partial charge on any atom is 0.237 e. The van der Waals surface area contributed by atoms with E-state index < -0.39 is 0 Å². The fraction of sp³-hybridized carbons (Fsp3) is 0.520. The van der Waals surface area contributed by atoms with Crippen molar-refractivity contribution in [3.63, 3.8) is 0 Å². The van der Waals surface area contributed by atoms with Gasteiger partial charge in [0.2, 0.25) is 5.91 Å². The third-order valence-corrected chi connectivity index (χ3v) is 6.51. The quantitative estimate of drug-likeness (QED) is 0.603. The monoisotopic (exact) mass is 420 g/mol. The van der Waals surface area contributed by atoms with E-state index in [0.717, 1.165) is 24.4 Å². The van der Waals surface area contributed by atoms with Crippen molar-refractivity contribution in [2.24, 2.45) is 11.8 Å². The number of hydrogen-bond donors (Lipinski definition) is 2. The van der Waals surface area contributed by atoms with Crippen molar-refractivity contribution in [2.45, 2.75) is 65.1 Å². The van der Waals surface area contributed by atoms with Crippen LogP contribution in [0.4, 0.5) is 0 Å². The number of rotatable bonds is 7. The van der Waals surface area contributed by atoms with Crippen LogP contribution in [0, 0.1) is 18.8 Å². The van der Waals surface area contributed by atoms with Crippen molar-refractivity contribution in [1.29, 1.82) is 0 Å². The first-order valence-electron chi connectivity index (χ1n) is 11.5. The highest BCUT2D eigenvalue weighted by Crippen LogP contribution is 2.36. The van der Waals surface area contributed by atoms with Crippen LogP contribution in [-0.2, 0) is 17.8 Å². The Hall–Kier alpha value is -2.60. The number of aryl methyl sites for hydroxylation is 1. The van der Waals surface area contributed by atoms with Crippen LogP contribution in [0.2, 0.25) is 0 Å². The zero-order valence-electron chi connectivity index (χ0n) is 18.6. The minimum atomic E-state index is -0.219. The molecule has 5 rings (SSSR count). The average molecular weight is 421 g/mol. The average Bonchev–Trinajstić information content (AvgIpc) is 3.42. The lowest BCUT2D eigenvalue weighted by Crippen LogP contribution is -2.46. The Bertz CT molecular complexity index is 1090. The molecule has 6 heteroatoms. The van der Waals surface area contributed by atoms with Crippen molar-refractivity contribution in [3.8, 4) is 0 Å². The van der Waals surface area contributed by atoms with Gasteiger partial charge in [0.05, 0.1) is 12.6 Å². The van der Waals surface area contributed by atoms with E-state index in [-0.39, 0.29) is 18.0 Å². The third-order valence-electron chi connectivity index (χ3n) is 6.51. The summed E-state index contributed by atoms with van der Waals surface area (Å²) in [5.74, 6) is 2.16. The first kappa shape index (κ1) is 20.3. The van der Waals surface area contributed by atoms with E-state index in [2.05, 4.69) is 58.6 Å². The summed E-state index contributed by atoms with van der Waals surface area (Å²) < 4.78 is 7.52. The number of carbonyl (C=O) groups excluding carboxylic acids is 1. The van der Waals surface area contributed by atoms with Gasteiger partial charge in [0.25, 0.3) is 0 Å². The molecule has 2 aromatic heterocycles. The Morgan fingerprint density at radius 1 is 1.35 bits per heavy atom. The molecule has 1 aliphatic heterocycles. The van der Waals surface area contributed by atoms with Crippen LogP contribution in [-0.4, -0.2) is 28.2 Å². The van der Waals surface area contributed by atoms with Gasteiger partial charge in [0, 0.05) is 35.8 Å². The van der Waals surface area contributed by atoms with Gasteiger partial charge in [0.15, 0.2) is 0 Å². The number of amides is 1. The molecule has 2 aliphatic rings. The molecule has 0 radical (unpaired) electrons. The Morgan fingerprint density at radius 3 is 2.90 bits per heavy atom. The Kier molecular flexibility index (Phi) is 5.34. The molecule has 3 heterocycles. The second-order valence-corrected chi connectivity index (χ2v) is 9.75. The summed E-state index contributed by atoms with van der Waals surface area (Å²) >= 11 is 0. The van der Waals surface area contributed by atoms with Crippen LogP contribution in [0.1, 0.15) is 61.7 Å². The summed E-state index contributed by atoms with van der Waals surface area (Å²) in [5, 5.41) is 12.4. The second-order valence-electron chi connectivity index (χ2n) is 9.75. The Balaban J connectivity index is 1.51. The predicted octanol–water partition coefficient (Wildman–Crippen LogP) is 4.11. The summed E-state index contributed by atoms with van der Waals surface area (Å²) in [6.07, 6.45) is 6.39. The number of benzene rings is 1. The van der Waals surface area contributed by atoms with E-state index >= 15 is 0 Å². The van der Waals surface area contributed by atoms with Crippen LogP contribution in [0.25, 0.3) is 10.9 Å². The smallest absolute Gasteiger partial charge is 0.237 e. The second kappa shape index (κ2) is 8.15. The van der Waals surface area contributed by atoms with Crippen molar-refractivity contribution >= 4 is 16.8 Å². The van der Waals surface area contributed by atoms with Crippen LogP contribution in [0.3, 0.4) is 0 Å². The molecular formula is C25H32N4O2. The largest absolute Gasteiger partial charge is 0.361 e. The van der Waals surface area contributed by atoms with E-state index in [0.29, 0.717) is 24.8 Å². The molecule has 164 valence electrons. The summed E-state index contributed by atoms with van der Waals surface area (Å²) in [6, 6.07) is 8.46. The molecule has 1 aliphatic carbocycles. The number of carbonyl (C=O) groups is 1. The minimum Gasteiger partial charge on any atom is -0.361 e. The number of nitrogens with zero attached hydrogens (tertiary/aromatic N) is 2. The Morgan fingerprint density at radius 2 is 2.19 bits per heavy atom. The van der Waals surface area contributed by atoms with Crippen LogP contribution in [0.5, 0.6) is 0 Å². The molecule has 6 nitrogen and oxygen atoms in total. The van der Waals surface area contributed by atoms with E-state index in [1.165, 1.54) is 34.9 Å². The van der Waals surface area contributed by atoms with Gasteiger partial charge in [-0.3, -0.25) is 10.1 Å². The standard InChI is InChI=1S/C25H32N4O2/c1-15(2)9-21-20-5-4-6-23-24(20)18(13-29(23)14-19-10-16(3)31-28-19)11-22(27-21)25(30)26-12-17-7-8-17/h4-6,10,13,15,17,21-22,27H,7-9,11-12,14H2,1-3H3,(H,26,30). The van der Waals surface area contributed by atoms with E-state index in [1.807, 2.05) is 13.0 Å². The van der Waals surface area contributed by atoms with Crippen LogP contribution < -0.4 is 10.6 Å². The molecule has 0 bridgehead atoms. The molecule has 31 heavy (non-hydrogen) atoms. The van der Waals surface area contributed by atoms with Gasteiger partial charge in [0.1, 0.15) is 11.5 Å². The van der Waals surface area contributed by atoms with E-state index in [4.69, 9.17) is 4.52 Å². The molecule has 1 fully saturated rings. The van der Waals surface area contributed by atoms with Crippen LogP contribution in [0.15, 0.2) is 35.0 Å². The summed E-state index contributed by atoms with van der Waals surface area (Å²) in [7, 11) is 0. The van der Waals surface area contributed by atoms with Crippen molar-refractivity contribution in [1.82, 2.24) is 20.4 Å². The first-order chi connectivity index (χ1) is 15.0. The van der Waals surface area contributed by atoms with Gasteiger partial charge in [-0.25, -0.2) is 0 Å². The molecule has 1 saturated carbocycles. The maximum atomic E-state index is 13.1. The molecule has 0 spiro atoms. The molecule has 2 atom stereocenters. The zero-order valence-corrected chi connectivity index (χ0v) is 18.6. The third kappa shape index (κ3) is 4.26. The van der Waals surface area contributed by atoms with Gasteiger partial charge in [-0.2, -0.15) is 0 Å². The summed E-state index contributed by atoms with van der Waals surface area (Å²) in [6.45, 7) is 7.87. The molecular weight excluding hydrogens is 388 g/mol. The first-order valence-corrected chi connectivity index (χ1v) is 11.5. The lowest BCUT2D eigenvalue weighted by atomic mass is 9.94. The normalized spacial score (nSPS) is 20.9. The van der Waals surface area contributed by atoms with Crippen LogP contribution >= 0.6 is 0 Å². The predicted molar refractivity (Wildman–Crippen MR) is 121 cm³/mol. The lowest BCUT2D eigenvalue weighted by molar-refractivity contribution is -0.123.